The van der Waals surface area contributed by atoms with Gasteiger partial charge in [-0.2, -0.15) is 0 Å². The third-order valence-electron chi connectivity index (χ3n) is 3.84. The molecule has 122 valence electrons. The standard InChI is InChI=1S/C19H18N2O3/c1-24-17-8-4-14(5-9-17)12-21(19(23)13-22)16-7-6-15-3-2-10-20-18(15)11-16/h2-11,22H,12-13H2,1H3. The van der Waals surface area contributed by atoms with Crippen molar-refractivity contribution in [2.24, 2.45) is 0 Å². The highest BCUT2D eigenvalue weighted by atomic mass is 16.5. The number of ether oxygens (including phenoxy) is 1. The largest absolute Gasteiger partial charge is 0.497 e. The smallest absolute Gasteiger partial charge is 0.252 e. The maximum absolute atomic E-state index is 12.2. The van der Waals surface area contributed by atoms with Crippen molar-refractivity contribution in [3.8, 4) is 5.75 Å². The van der Waals surface area contributed by atoms with Crippen LogP contribution in [0.4, 0.5) is 5.69 Å². The maximum atomic E-state index is 12.2. The van der Waals surface area contributed by atoms with E-state index >= 15 is 0 Å². The molecule has 1 heterocycles. The van der Waals surface area contributed by atoms with Crippen LogP contribution in [0.2, 0.25) is 0 Å². The number of aliphatic hydroxyl groups is 1. The van der Waals surface area contributed by atoms with Crippen molar-refractivity contribution in [2.45, 2.75) is 6.54 Å². The number of nitrogens with zero attached hydrogens (tertiary/aromatic N) is 2. The van der Waals surface area contributed by atoms with Crippen LogP contribution in [0.3, 0.4) is 0 Å². The van der Waals surface area contributed by atoms with Crippen LogP contribution in [0, 0.1) is 0 Å². The van der Waals surface area contributed by atoms with E-state index in [0.717, 1.165) is 22.2 Å². The summed E-state index contributed by atoms with van der Waals surface area (Å²) in [5, 5.41) is 10.3. The molecular formula is C19H18N2O3. The molecule has 1 N–H and O–H groups in total. The molecule has 2 aromatic carbocycles. The van der Waals surface area contributed by atoms with Gasteiger partial charge in [0.2, 0.25) is 0 Å². The van der Waals surface area contributed by atoms with Crippen molar-refractivity contribution < 1.29 is 14.6 Å². The fraction of sp³-hybridized carbons (Fsp3) is 0.158. The molecule has 0 aliphatic heterocycles. The van der Waals surface area contributed by atoms with E-state index in [1.165, 1.54) is 0 Å². The number of hydrogen-bond acceptors (Lipinski definition) is 4. The van der Waals surface area contributed by atoms with Crippen molar-refractivity contribution in [2.75, 3.05) is 18.6 Å². The highest BCUT2D eigenvalue weighted by molar-refractivity contribution is 5.96. The number of rotatable bonds is 5. The van der Waals surface area contributed by atoms with Crippen LogP contribution >= 0.6 is 0 Å². The van der Waals surface area contributed by atoms with E-state index in [0.29, 0.717) is 12.2 Å². The lowest BCUT2D eigenvalue weighted by molar-refractivity contribution is -0.121. The van der Waals surface area contributed by atoms with Crippen molar-refractivity contribution in [3.05, 3.63) is 66.4 Å². The number of amides is 1. The fourth-order valence-electron chi connectivity index (χ4n) is 2.55. The fourth-order valence-corrected chi connectivity index (χ4v) is 2.55. The van der Waals surface area contributed by atoms with Crippen molar-refractivity contribution in [3.63, 3.8) is 0 Å². The second kappa shape index (κ2) is 7.10. The lowest BCUT2D eigenvalue weighted by Gasteiger charge is -2.22. The molecule has 0 atom stereocenters. The van der Waals surface area contributed by atoms with Crippen molar-refractivity contribution in [1.29, 1.82) is 0 Å². The van der Waals surface area contributed by atoms with Crippen molar-refractivity contribution in [1.82, 2.24) is 4.98 Å². The molecule has 0 radical (unpaired) electrons. The monoisotopic (exact) mass is 322 g/mol. The Morgan fingerprint density at radius 3 is 2.67 bits per heavy atom. The van der Waals surface area contributed by atoms with Gasteiger partial charge in [0.05, 0.1) is 19.2 Å². The first-order chi connectivity index (χ1) is 11.7. The number of carbonyl (C=O) groups is 1. The van der Waals surface area contributed by atoms with Crippen LogP contribution in [0.1, 0.15) is 5.56 Å². The SMILES string of the molecule is COc1ccc(CN(C(=O)CO)c2ccc3cccnc3c2)cc1. The molecule has 0 spiro atoms. The van der Waals surface area contributed by atoms with Gasteiger partial charge in [-0.05, 0) is 35.9 Å². The molecule has 0 fully saturated rings. The van der Waals surface area contributed by atoms with Gasteiger partial charge in [-0.25, -0.2) is 0 Å². The normalized spacial score (nSPS) is 10.6. The number of hydrogen-bond donors (Lipinski definition) is 1. The number of pyridine rings is 1. The lowest BCUT2D eigenvalue weighted by atomic mass is 10.1. The van der Waals surface area contributed by atoms with E-state index in [1.54, 1.807) is 18.2 Å². The first kappa shape index (κ1) is 16.0. The zero-order valence-electron chi connectivity index (χ0n) is 13.3. The van der Waals surface area contributed by atoms with Gasteiger partial charge in [0.25, 0.3) is 5.91 Å². The molecule has 3 rings (SSSR count). The first-order valence-corrected chi connectivity index (χ1v) is 7.60. The Kier molecular flexibility index (Phi) is 4.72. The average molecular weight is 322 g/mol. The molecule has 0 saturated carbocycles. The predicted molar refractivity (Wildman–Crippen MR) is 93.0 cm³/mol. The summed E-state index contributed by atoms with van der Waals surface area (Å²) in [7, 11) is 1.61. The zero-order valence-corrected chi connectivity index (χ0v) is 13.3. The minimum atomic E-state index is -0.545. The predicted octanol–water partition coefficient (Wildman–Crippen LogP) is 2.77. The summed E-state index contributed by atoms with van der Waals surface area (Å²) >= 11 is 0. The Labute approximate surface area is 140 Å². The summed E-state index contributed by atoms with van der Waals surface area (Å²) in [4.78, 5) is 18.1. The highest BCUT2D eigenvalue weighted by Gasteiger charge is 2.16. The maximum Gasteiger partial charge on any atom is 0.252 e. The second-order valence-corrected chi connectivity index (χ2v) is 5.37. The van der Waals surface area contributed by atoms with Crippen LogP contribution in [0.15, 0.2) is 60.8 Å². The van der Waals surface area contributed by atoms with Gasteiger partial charge in [0, 0.05) is 17.3 Å². The van der Waals surface area contributed by atoms with Gasteiger partial charge >= 0.3 is 0 Å². The van der Waals surface area contributed by atoms with Gasteiger partial charge < -0.3 is 14.7 Å². The third-order valence-corrected chi connectivity index (χ3v) is 3.84. The van der Waals surface area contributed by atoms with Crippen LogP contribution in [-0.2, 0) is 11.3 Å². The molecule has 0 aliphatic rings. The highest BCUT2D eigenvalue weighted by Crippen LogP contribution is 2.23. The number of carbonyl (C=O) groups excluding carboxylic acids is 1. The molecule has 0 unspecified atom stereocenters. The Hall–Kier alpha value is -2.92. The number of methoxy groups -OCH3 is 1. The number of aliphatic hydroxyl groups excluding tert-OH is 1. The molecule has 24 heavy (non-hydrogen) atoms. The van der Waals surface area contributed by atoms with E-state index in [2.05, 4.69) is 4.98 Å². The Morgan fingerprint density at radius 1 is 1.17 bits per heavy atom. The molecular weight excluding hydrogens is 304 g/mol. The topological polar surface area (TPSA) is 62.7 Å². The molecule has 1 amide bonds. The Balaban J connectivity index is 1.93. The number of anilines is 1. The summed E-state index contributed by atoms with van der Waals surface area (Å²) in [5.74, 6) is 0.398. The van der Waals surface area contributed by atoms with Gasteiger partial charge in [-0.15, -0.1) is 0 Å². The molecule has 0 bridgehead atoms. The van der Waals surface area contributed by atoms with E-state index in [-0.39, 0.29) is 5.91 Å². The van der Waals surface area contributed by atoms with Gasteiger partial charge in [0.1, 0.15) is 12.4 Å². The summed E-state index contributed by atoms with van der Waals surface area (Å²) in [6.45, 7) is -0.182. The average Bonchev–Trinajstić information content (AvgIpc) is 2.65. The van der Waals surface area contributed by atoms with Crippen LogP contribution in [-0.4, -0.2) is 29.7 Å². The van der Waals surface area contributed by atoms with Crippen LogP contribution in [0.5, 0.6) is 5.75 Å². The van der Waals surface area contributed by atoms with E-state index in [4.69, 9.17) is 4.74 Å². The van der Waals surface area contributed by atoms with Gasteiger partial charge in [-0.1, -0.05) is 24.3 Å². The first-order valence-electron chi connectivity index (χ1n) is 7.60. The summed E-state index contributed by atoms with van der Waals surface area (Å²) in [6.07, 6.45) is 1.72. The van der Waals surface area contributed by atoms with E-state index in [1.807, 2.05) is 54.6 Å². The summed E-state index contributed by atoms with van der Waals surface area (Å²) < 4.78 is 5.15. The second-order valence-electron chi connectivity index (χ2n) is 5.37. The number of aromatic nitrogens is 1. The Bertz CT molecular complexity index is 847. The van der Waals surface area contributed by atoms with Gasteiger partial charge in [-0.3, -0.25) is 9.78 Å². The molecule has 5 nitrogen and oxygen atoms in total. The molecule has 0 aliphatic carbocycles. The lowest BCUT2D eigenvalue weighted by Crippen LogP contribution is -2.32. The minimum Gasteiger partial charge on any atom is -0.497 e. The third kappa shape index (κ3) is 3.36. The summed E-state index contributed by atoms with van der Waals surface area (Å²) in [5.41, 5.74) is 2.45. The Morgan fingerprint density at radius 2 is 1.96 bits per heavy atom. The van der Waals surface area contributed by atoms with Crippen LogP contribution < -0.4 is 9.64 Å². The number of fused-ring (bicyclic) bond motifs is 1. The van der Waals surface area contributed by atoms with E-state index in [9.17, 15) is 9.90 Å². The van der Waals surface area contributed by atoms with Crippen LogP contribution in [0.25, 0.3) is 10.9 Å². The quantitative estimate of drug-likeness (QED) is 0.784. The molecule has 1 aromatic heterocycles. The molecule has 3 aromatic rings. The summed E-state index contributed by atoms with van der Waals surface area (Å²) in [6, 6.07) is 17.0. The zero-order chi connectivity index (χ0) is 16.9. The number of benzene rings is 2. The van der Waals surface area contributed by atoms with E-state index < -0.39 is 6.61 Å². The van der Waals surface area contributed by atoms with Gasteiger partial charge in [0.15, 0.2) is 0 Å². The van der Waals surface area contributed by atoms with Crippen molar-refractivity contribution >= 4 is 22.5 Å². The minimum absolute atomic E-state index is 0.360. The molecule has 0 saturated heterocycles. The molecule has 5 heteroatoms.